The predicted molar refractivity (Wildman–Crippen MR) is 99.8 cm³/mol. The normalized spacial score (nSPS) is 17.5. The zero-order chi connectivity index (χ0) is 24.7. The number of carbonyl (C=O) groups is 4. The van der Waals surface area contributed by atoms with Gasteiger partial charge in [0.25, 0.3) is 5.91 Å². The number of ether oxygens (including phenoxy) is 2. The van der Waals surface area contributed by atoms with Crippen LogP contribution in [0.5, 0.6) is 11.5 Å². The van der Waals surface area contributed by atoms with Gasteiger partial charge in [0, 0.05) is 17.5 Å². The van der Waals surface area contributed by atoms with Crippen LogP contribution in [0.2, 0.25) is 0 Å². The molecule has 3 amide bonds. The third-order valence-corrected chi connectivity index (χ3v) is 5.27. The molecule has 4 rings (SSSR count). The van der Waals surface area contributed by atoms with Crippen LogP contribution in [0.15, 0.2) is 18.2 Å². The molecular formula is C21H13F5N2O6. The van der Waals surface area contributed by atoms with E-state index in [0.29, 0.717) is 5.56 Å². The number of hydrogen-bond donors (Lipinski definition) is 1. The smallest absolute Gasteiger partial charge is 0.349 e. The summed E-state index contributed by atoms with van der Waals surface area (Å²) in [6, 6.07) is 3.33. The lowest BCUT2D eigenvalue weighted by atomic mass is 10.0. The summed E-state index contributed by atoms with van der Waals surface area (Å²) in [5.74, 6) is -16.5. The van der Waals surface area contributed by atoms with Crippen molar-refractivity contribution >= 4 is 23.7 Å². The van der Waals surface area contributed by atoms with Crippen molar-refractivity contribution in [3.63, 3.8) is 0 Å². The van der Waals surface area contributed by atoms with E-state index in [4.69, 9.17) is 4.74 Å². The number of halogens is 5. The minimum Gasteiger partial charge on any atom is -0.482 e. The number of piperidine rings is 1. The van der Waals surface area contributed by atoms with Gasteiger partial charge in [-0.25, -0.2) is 18.0 Å². The van der Waals surface area contributed by atoms with Crippen LogP contribution in [-0.2, 0) is 20.9 Å². The molecule has 0 aliphatic carbocycles. The van der Waals surface area contributed by atoms with Gasteiger partial charge in [-0.1, -0.05) is 6.07 Å². The van der Waals surface area contributed by atoms with Gasteiger partial charge in [0.05, 0.1) is 6.54 Å². The highest BCUT2D eigenvalue weighted by Crippen LogP contribution is 2.34. The average Bonchev–Trinajstić information content (AvgIpc) is 3.14. The lowest BCUT2D eigenvalue weighted by Gasteiger charge is -2.29. The van der Waals surface area contributed by atoms with Crippen molar-refractivity contribution < 1.29 is 50.6 Å². The molecule has 0 spiro atoms. The van der Waals surface area contributed by atoms with Crippen LogP contribution in [0.3, 0.4) is 0 Å². The van der Waals surface area contributed by atoms with Crippen LogP contribution in [-0.4, -0.2) is 41.2 Å². The molecule has 0 radical (unpaired) electrons. The Balaban J connectivity index is 1.48. The number of imide groups is 1. The fourth-order valence-electron chi connectivity index (χ4n) is 3.65. The third-order valence-electron chi connectivity index (χ3n) is 5.27. The number of nitrogens with zero attached hydrogens (tertiary/aromatic N) is 1. The fourth-order valence-corrected chi connectivity index (χ4v) is 3.65. The molecule has 2 aliphatic rings. The van der Waals surface area contributed by atoms with Crippen LogP contribution >= 0.6 is 0 Å². The number of rotatable bonds is 5. The maximum Gasteiger partial charge on any atom is 0.349 e. The number of carbonyl (C=O) groups excluding carboxylic acids is 4. The molecule has 2 heterocycles. The first-order valence-corrected chi connectivity index (χ1v) is 9.71. The SMILES string of the molecule is O=C1CCC(N2Cc3c(OCC(=O)Oc4c(F)c(F)c(F)c(F)c4F)cccc3C2=O)C(=O)N1. The molecule has 2 aromatic rings. The molecule has 0 saturated carbocycles. The van der Waals surface area contributed by atoms with Crippen LogP contribution in [0.4, 0.5) is 22.0 Å². The van der Waals surface area contributed by atoms with Crippen LogP contribution in [0.1, 0.15) is 28.8 Å². The standard InChI is InChI=1S/C21H13F5N2O6/c22-14-15(23)17(25)19(18(26)16(14)24)34-13(30)7-33-11-3-1-2-8-9(11)6-28(21(8)32)10-4-5-12(29)27-20(10)31/h1-3,10H,4-7H2,(H,27,29,31). The minimum absolute atomic E-state index is 0.00462. The van der Waals surface area contributed by atoms with Crippen molar-refractivity contribution in [3.8, 4) is 11.5 Å². The quantitative estimate of drug-likeness (QED) is 0.174. The average molecular weight is 484 g/mol. The lowest BCUT2D eigenvalue weighted by Crippen LogP contribution is -2.52. The van der Waals surface area contributed by atoms with E-state index >= 15 is 0 Å². The molecule has 2 aromatic carbocycles. The highest BCUT2D eigenvalue weighted by molar-refractivity contribution is 6.05. The molecule has 178 valence electrons. The second-order valence-electron chi connectivity index (χ2n) is 7.34. The highest BCUT2D eigenvalue weighted by Gasteiger charge is 2.40. The number of esters is 1. The minimum atomic E-state index is -2.41. The molecule has 13 heteroatoms. The van der Waals surface area contributed by atoms with E-state index in [1.165, 1.54) is 23.1 Å². The Morgan fingerprint density at radius 1 is 1.00 bits per heavy atom. The molecule has 0 aromatic heterocycles. The summed E-state index contributed by atoms with van der Waals surface area (Å²) in [5, 5.41) is 2.15. The summed E-state index contributed by atoms with van der Waals surface area (Å²) in [7, 11) is 0. The topological polar surface area (TPSA) is 102 Å². The third kappa shape index (κ3) is 3.93. The van der Waals surface area contributed by atoms with Crippen LogP contribution in [0, 0.1) is 29.1 Å². The van der Waals surface area contributed by atoms with Crippen molar-refractivity contribution in [1.29, 1.82) is 0 Å². The van der Waals surface area contributed by atoms with Gasteiger partial charge in [-0.15, -0.1) is 0 Å². The van der Waals surface area contributed by atoms with Gasteiger partial charge in [-0.3, -0.25) is 19.7 Å². The first kappa shape index (κ1) is 23.1. The summed E-state index contributed by atoms with van der Waals surface area (Å²) in [6.07, 6.45) is 0.165. The summed E-state index contributed by atoms with van der Waals surface area (Å²) >= 11 is 0. The first-order chi connectivity index (χ1) is 16.1. The summed E-state index contributed by atoms with van der Waals surface area (Å²) in [6.45, 7) is -1.09. The highest BCUT2D eigenvalue weighted by atomic mass is 19.2. The predicted octanol–water partition coefficient (Wildman–Crippen LogP) is 2.13. The van der Waals surface area contributed by atoms with Gasteiger partial charge in [-0.2, -0.15) is 8.78 Å². The maximum atomic E-state index is 13.7. The molecule has 0 bridgehead atoms. The molecule has 1 N–H and O–H groups in total. The fraction of sp³-hybridized carbons (Fsp3) is 0.238. The van der Waals surface area contributed by atoms with Crippen LogP contribution in [0.25, 0.3) is 0 Å². The second kappa shape index (κ2) is 8.72. The van der Waals surface area contributed by atoms with Crippen LogP contribution < -0.4 is 14.8 Å². The Morgan fingerprint density at radius 3 is 2.29 bits per heavy atom. The monoisotopic (exact) mass is 484 g/mol. The molecule has 2 aliphatic heterocycles. The van der Waals surface area contributed by atoms with E-state index in [9.17, 15) is 41.1 Å². The van der Waals surface area contributed by atoms with Gasteiger partial charge in [0.1, 0.15) is 11.8 Å². The second-order valence-corrected chi connectivity index (χ2v) is 7.34. The zero-order valence-corrected chi connectivity index (χ0v) is 16.9. The Kier molecular flexibility index (Phi) is 5.94. The molecule has 1 unspecified atom stereocenters. The zero-order valence-electron chi connectivity index (χ0n) is 16.9. The number of nitrogens with one attached hydrogen (secondary N) is 1. The summed E-state index contributed by atoms with van der Waals surface area (Å²) in [5.41, 5.74) is 0.455. The summed E-state index contributed by atoms with van der Waals surface area (Å²) < 4.78 is 76.5. The molecule has 1 atom stereocenters. The van der Waals surface area contributed by atoms with Gasteiger partial charge in [0.2, 0.25) is 46.6 Å². The van der Waals surface area contributed by atoms with Gasteiger partial charge < -0.3 is 14.4 Å². The molecule has 34 heavy (non-hydrogen) atoms. The van der Waals surface area contributed by atoms with E-state index in [1.807, 2.05) is 0 Å². The number of benzene rings is 2. The lowest BCUT2D eigenvalue weighted by molar-refractivity contribution is -0.138. The number of amides is 3. The van der Waals surface area contributed by atoms with E-state index < -0.39 is 71.2 Å². The van der Waals surface area contributed by atoms with Gasteiger partial charge >= 0.3 is 5.97 Å². The summed E-state index contributed by atoms with van der Waals surface area (Å²) in [4.78, 5) is 49.4. The molecule has 1 saturated heterocycles. The first-order valence-electron chi connectivity index (χ1n) is 9.71. The number of hydrogen-bond acceptors (Lipinski definition) is 6. The van der Waals surface area contributed by atoms with Crippen molar-refractivity contribution in [2.45, 2.75) is 25.4 Å². The van der Waals surface area contributed by atoms with Crippen molar-refractivity contribution in [1.82, 2.24) is 10.2 Å². The van der Waals surface area contributed by atoms with E-state index in [2.05, 4.69) is 10.1 Å². The molecule has 1 fully saturated rings. The van der Waals surface area contributed by atoms with Gasteiger partial charge in [-0.05, 0) is 18.6 Å². The largest absolute Gasteiger partial charge is 0.482 e. The molecular weight excluding hydrogens is 471 g/mol. The molecule has 8 nitrogen and oxygen atoms in total. The Hall–Kier alpha value is -4.03. The Labute approximate surface area is 187 Å². The Morgan fingerprint density at radius 2 is 1.65 bits per heavy atom. The van der Waals surface area contributed by atoms with Crippen molar-refractivity contribution in [2.75, 3.05) is 6.61 Å². The van der Waals surface area contributed by atoms with Gasteiger partial charge in [0.15, 0.2) is 6.61 Å². The maximum absolute atomic E-state index is 13.7. The van der Waals surface area contributed by atoms with E-state index in [-0.39, 0.29) is 30.7 Å². The van der Waals surface area contributed by atoms with Crippen molar-refractivity contribution in [2.24, 2.45) is 0 Å². The number of fused-ring (bicyclic) bond motifs is 1. The van der Waals surface area contributed by atoms with E-state index in [1.54, 1.807) is 0 Å². The van der Waals surface area contributed by atoms with Crippen molar-refractivity contribution in [3.05, 3.63) is 58.4 Å². The Bertz CT molecular complexity index is 1220. The van der Waals surface area contributed by atoms with E-state index in [0.717, 1.165) is 0 Å².